The Morgan fingerprint density at radius 1 is 1.41 bits per heavy atom. The minimum atomic E-state index is 0.622. The molecule has 0 spiro atoms. The summed E-state index contributed by atoms with van der Waals surface area (Å²) in [5, 5.41) is 5.07. The molecule has 0 aliphatic carbocycles. The molecule has 88 valence electrons. The van der Waals surface area contributed by atoms with E-state index < -0.39 is 0 Å². The van der Waals surface area contributed by atoms with Crippen LogP contribution in [0.2, 0.25) is 0 Å². The normalized spacial score (nSPS) is 10.7. The van der Waals surface area contributed by atoms with Crippen molar-refractivity contribution in [3.63, 3.8) is 0 Å². The molecule has 1 aromatic carbocycles. The van der Waals surface area contributed by atoms with E-state index in [1.54, 1.807) is 0 Å². The predicted molar refractivity (Wildman–Crippen MR) is 73.2 cm³/mol. The van der Waals surface area contributed by atoms with Crippen LogP contribution in [0.15, 0.2) is 41.9 Å². The van der Waals surface area contributed by atoms with Crippen LogP contribution in [0, 0.1) is 6.92 Å². The zero-order chi connectivity index (χ0) is 12.3. The first-order valence-electron chi connectivity index (χ1n) is 5.56. The summed E-state index contributed by atoms with van der Waals surface area (Å²) in [6, 6.07) is 10.3. The summed E-state index contributed by atoms with van der Waals surface area (Å²) in [5.41, 5.74) is 3.31. The quantitative estimate of drug-likeness (QED) is 0.895. The number of nitrogens with one attached hydrogen (secondary N) is 1. The standard InChI is InChI=1S/C14H15ClN2/c1-10(15)8-16-9-12-7-11(2)17-14-6-4-3-5-13(12)14/h3-7,16H,1,8-9H2,2H3. The number of fused-ring (bicyclic) bond motifs is 1. The van der Waals surface area contributed by atoms with Crippen LogP contribution in [0.4, 0.5) is 0 Å². The molecule has 0 unspecified atom stereocenters. The number of nitrogens with zero attached hydrogens (tertiary/aromatic N) is 1. The van der Waals surface area contributed by atoms with Gasteiger partial charge in [-0.2, -0.15) is 0 Å². The number of aryl methyl sites for hydroxylation is 1. The fourth-order valence-electron chi connectivity index (χ4n) is 1.87. The number of hydrogen-bond acceptors (Lipinski definition) is 2. The molecule has 0 fully saturated rings. The summed E-state index contributed by atoms with van der Waals surface area (Å²) in [5.74, 6) is 0. The topological polar surface area (TPSA) is 24.9 Å². The van der Waals surface area contributed by atoms with Gasteiger partial charge >= 0.3 is 0 Å². The van der Waals surface area contributed by atoms with Crippen LogP contribution < -0.4 is 5.32 Å². The molecular formula is C14H15ClN2. The minimum Gasteiger partial charge on any atom is -0.308 e. The van der Waals surface area contributed by atoms with Crippen LogP contribution >= 0.6 is 11.6 Å². The number of pyridine rings is 1. The first kappa shape index (κ1) is 12.1. The van der Waals surface area contributed by atoms with Crippen molar-refractivity contribution < 1.29 is 0 Å². The maximum absolute atomic E-state index is 5.72. The fraction of sp³-hybridized carbons (Fsp3) is 0.214. The summed E-state index contributed by atoms with van der Waals surface area (Å²) >= 11 is 5.72. The van der Waals surface area contributed by atoms with E-state index in [4.69, 9.17) is 11.6 Å². The highest BCUT2D eigenvalue weighted by atomic mass is 35.5. The third kappa shape index (κ3) is 3.05. The Hall–Kier alpha value is -1.38. The molecule has 2 nitrogen and oxygen atoms in total. The Morgan fingerprint density at radius 2 is 2.18 bits per heavy atom. The third-order valence-electron chi connectivity index (χ3n) is 2.56. The van der Waals surface area contributed by atoms with Crippen molar-refractivity contribution in [3.05, 3.63) is 53.2 Å². The molecule has 1 N–H and O–H groups in total. The van der Waals surface area contributed by atoms with Crippen LogP contribution in [-0.4, -0.2) is 11.5 Å². The van der Waals surface area contributed by atoms with Crippen LogP contribution in [0.1, 0.15) is 11.3 Å². The van der Waals surface area contributed by atoms with E-state index >= 15 is 0 Å². The molecule has 17 heavy (non-hydrogen) atoms. The Kier molecular flexibility index (Phi) is 3.77. The molecule has 0 aliphatic rings. The predicted octanol–water partition coefficient (Wildman–Crippen LogP) is 3.39. The smallest absolute Gasteiger partial charge is 0.0708 e. The van der Waals surface area contributed by atoms with Crippen LogP contribution in [0.3, 0.4) is 0 Å². The lowest BCUT2D eigenvalue weighted by Gasteiger charge is -2.08. The Balaban J connectivity index is 2.29. The molecule has 0 amide bonds. The number of benzene rings is 1. The molecule has 1 heterocycles. The first-order valence-corrected chi connectivity index (χ1v) is 5.94. The summed E-state index contributed by atoms with van der Waals surface area (Å²) in [4.78, 5) is 4.51. The largest absolute Gasteiger partial charge is 0.308 e. The average molecular weight is 247 g/mol. The number of aromatic nitrogens is 1. The Bertz CT molecular complexity index is 549. The maximum atomic E-state index is 5.72. The molecule has 0 saturated carbocycles. The van der Waals surface area contributed by atoms with Gasteiger partial charge in [-0.1, -0.05) is 36.4 Å². The second-order valence-corrected chi connectivity index (χ2v) is 4.60. The van der Waals surface area contributed by atoms with Gasteiger partial charge < -0.3 is 5.32 Å². The summed E-state index contributed by atoms with van der Waals surface area (Å²) in [7, 11) is 0. The van der Waals surface area contributed by atoms with E-state index in [1.165, 1.54) is 10.9 Å². The zero-order valence-corrected chi connectivity index (χ0v) is 10.6. The summed E-state index contributed by atoms with van der Waals surface area (Å²) < 4.78 is 0. The molecular weight excluding hydrogens is 232 g/mol. The van der Waals surface area contributed by atoms with Crippen molar-refractivity contribution in [2.24, 2.45) is 0 Å². The highest BCUT2D eigenvalue weighted by Gasteiger charge is 2.03. The van der Waals surface area contributed by atoms with Gasteiger partial charge in [0.25, 0.3) is 0 Å². The lowest BCUT2D eigenvalue weighted by atomic mass is 10.1. The molecule has 0 atom stereocenters. The molecule has 3 heteroatoms. The highest BCUT2D eigenvalue weighted by molar-refractivity contribution is 6.29. The third-order valence-corrected chi connectivity index (χ3v) is 2.70. The molecule has 2 rings (SSSR count). The van der Waals surface area contributed by atoms with Crippen molar-refractivity contribution in [3.8, 4) is 0 Å². The van der Waals surface area contributed by atoms with Gasteiger partial charge in [0.1, 0.15) is 0 Å². The number of halogens is 1. The van der Waals surface area contributed by atoms with Gasteiger partial charge in [-0.25, -0.2) is 0 Å². The van der Waals surface area contributed by atoms with E-state index in [1.807, 2.05) is 25.1 Å². The van der Waals surface area contributed by atoms with Crippen LogP contribution in [0.5, 0.6) is 0 Å². The molecule has 0 aliphatic heterocycles. The van der Waals surface area contributed by atoms with Gasteiger partial charge in [-0.15, -0.1) is 0 Å². The van der Waals surface area contributed by atoms with E-state index in [0.29, 0.717) is 11.6 Å². The van der Waals surface area contributed by atoms with Gasteiger partial charge in [-0.3, -0.25) is 4.98 Å². The van der Waals surface area contributed by atoms with Crippen LogP contribution in [-0.2, 0) is 6.54 Å². The molecule has 2 aromatic rings. The second-order valence-electron chi connectivity index (χ2n) is 4.06. The number of para-hydroxylation sites is 1. The van der Waals surface area contributed by atoms with E-state index in [-0.39, 0.29) is 0 Å². The highest BCUT2D eigenvalue weighted by Crippen LogP contribution is 2.17. The Labute approximate surface area is 106 Å². The molecule has 0 radical (unpaired) electrons. The lowest BCUT2D eigenvalue weighted by molar-refractivity contribution is 0.758. The molecule has 1 aromatic heterocycles. The van der Waals surface area contributed by atoms with Crippen molar-refractivity contribution >= 4 is 22.5 Å². The molecule has 0 saturated heterocycles. The minimum absolute atomic E-state index is 0.622. The van der Waals surface area contributed by atoms with Crippen molar-refractivity contribution in [2.45, 2.75) is 13.5 Å². The van der Waals surface area contributed by atoms with Gasteiger partial charge in [0.05, 0.1) is 5.52 Å². The number of rotatable bonds is 4. The molecule has 0 bridgehead atoms. The fourth-order valence-corrected chi connectivity index (χ4v) is 1.97. The monoisotopic (exact) mass is 246 g/mol. The second kappa shape index (κ2) is 5.30. The van der Waals surface area contributed by atoms with Crippen molar-refractivity contribution in [1.29, 1.82) is 0 Å². The van der Waals surface area contributed by atoms with E-state index in [9.17, 15) is 0 Å². The lowest BCUT2D eigenvalue weighted by Crippen LogP contribution is -2.15. The zero-order valence-electron chi connectivity index (χ0n) is 9.83. The van der Waals surface area contributed by atoms with Crippen molar-refractivity contribution in [1.82, 2.24) is 10.3 Å². The number of hydrogen-bond donors (Lipinski definition) is 1. The first-order chi connectivity index (χ1) is 8.16. The summed E-state index contributed by atoms with van der Waals surface area (Å²) in [6.07, 6.45) is 0. The van der Waals surface area contributed by atoms with Gasteiger partial charge in [0.2, 0.25) is 0 Å². The maximum Gasteiger partial charge on any atom is 0.0708 e. The van der Waals surface area contributed by atoms with Gasteiger partial charge in [0.15, 0.2) is 0 Å². The average Bonchev–Trinajstić information content (AvgIpc) is 2.28. The van der Waals surface area contributed by atoms with Gasteiger partial charge in [-0.05, 0) is 24.6 Å². The van der Waals surface area contributed by atoms with E-state index in [0.717, 1.165) is 17.8 Å². The van der Waals surface area contributed by atoms with E-state index in [2.05, 4.69) is 29.0 Å². The SMILES string of the molecule is C=C(Cl)CNCc1cc(C)nc2ccccc12. The van der Waals surface area contributed by atoms with Crippen LogP contribution in [0.25, 0.3) is 10.9 Å². The van der Waals surface area contributed by atoms with Gasteiger partial charge in [0, 0.05) is 29.2 Å². The summed E-state index contributed by atoms with van der Waals surface area (Å²) in [6.45, 7) is 7.06. The Morgan fingerprint density at radius 3 is 2.94 bits per heavy atom. The van der Waals surface area contributed by atoms with Crippen molar-refractivity contribution in [2.75, 3.05) is 6.54 Å².